The first-order chi connectivity index (χ1) is 10.8. The molecule has 0 atom stereocenters. The Morgan fingerprint density at radius 1 is 1.30 bits per heavy atom. The van der Waals surface area contributed by atoms with Crippen molar-refractivity contribution < 1.29 is 0 Å². The van der Waals surface area contributed by atoms with Crippen LogP contribution in [0.15, 0.2) is 24.3 Å². The highest BCUT2D eigenvalue weighted by atomic mass is 35.5. The molecule has 7 heteroatoms. The number of para-hydroxylation sites is 2. The Bertz CT molecular complexity index is 788. The van der Waals surface area contributed by atoms with Gasteiger partial charge in [-0.3, -0.25) is 4.90 Å². The van der Waals surface area contributed by atoms with Crippen molar-refractivity contribution in [2.24, 2.45) is 0 Å². The molecule has 1 aliphatic rings. The maximum Gasteiger partial charge on any atom is 0.231 e. The van der Waals surface area contributed by atoms with E-state index >= 15 is 0 Å². The van der Waals surface area contributed by atoms with Gasteiger partial charge in [0.05, 0.1) is 16.7 Å². The predicted octanol–water partition coefficient (Wildman–Crippen LogP) is 2.52. The molecule has 0 radical (unpaired) electrons. The minimum absolute atomic E-state index is 0. The lowest BCUT2D eigenvalue weighted by Crippen LogP contribution is -2.31. The van der Waals surface area contributed by atoms with E-state index in [0.29, 0.717) is 11.8 Å². The van der Waals surface area contributed by atoms with E-state index in [2.05, 4.69) is 26.9 Å². The number of halogens is 1. The highest BCUT2D eigenvalue weighted by molar-refractivity contribution is 5.85. The third kappa shape index (κ3) is 2.68. The van der Waals surface area contributed by atoms with Crippen molar-refractivity contribution in [3.8, 4) is 5.95 Å². The number of nitrogens with zero attached hydrogens (tertiary/aromatic N) is 4. The lowest BCUT2D eigenvalue weighted by Gasteiger charge is -2.25. The van der Waals surface area contributed by atoms with Crippen LogP contribution in [0.3, 0.4) is 0 Å². The number of hydrogen-bond acceptors (Lipinski definition) is 4. The molecule has 1 aliphatic heterocycles. The smallest absolute Gasteiger partial charge is 0.231 e. The zero-order valence-electron chi connectivity index (χ0n) is 13.1. The molecule has 23 heavy (non-hydrogen) atoms. The van der Waals surface area contributed by atoms with Crippen LogP contribution in [-0.2, 0) is 13.0 Å². The quantitative estimate of drug-likeness (QED) is 0.772. The van der Waals surface area contributed by atoms with Crippen LogP contribution in [0.25, 0.3) is 17.0 Å². The number of nitrogens with two attached hydrogens (primary N) is 1. The molecular formula is C16H21ClN6. The summed E-state index contributed by atoms with van der Waals surface area (Å²) in [5.74, 6) is 1.39. The van der Waals surface area contributed by atoms with E-state index in [9.17, 15) is 0 Å². The average molecular weight is 333 g/mol. The van der Waals surface area contributed by atoms with Gasteiger partial charge >= 0.3 is 0 Å². The Kier molecular flexibility index (Phi) is 4.28. The first-order valence-corrected chi connectivity index (χ1v) is 7.80. The number of anilines is 1. The van der Waals surface area contributed by atoms with E-state index in [0.717, 1.165) is 54.8 Å². The van der Waals surface area contributed by atoms with Gasteiger partial charge in [0.2, 0.25) is 5.95 Å². The molecule has 1 aromatic carbocycles. The molecule has 0 aliphatic carbocycles. The van der Waals surface area contributed by atoms with Crippen molar-refractivity contribution in [2.45, 2.75) is 26.3 Å². The van der Waals surface area contributed by atoms with Gasteiger partial charge in [0.25, 0.3) is 0 Å². The fourth-order valence-corrected chi connectivity index (χ4v) is 3.16. The molecule has 0 bridgehead atoms. The fraction of sp³-hybridized carbons (Fsp3) is 0.375. The minimum Gasteiger partial charge on any atom is -0.383 e. The fourth-order valence-electron chi connectivity index (χ4n) is 3.16. The van der Waals surface area contributed by atoms with Gasteiger partial charge in [0.15, 0.2) is 0 Å². The van der Waals surface area contributed by atoms with Gasteiger partial charge < -0.3 is 10.7 Å². The lowest BCUT2D eigenvalue weighted by molar-refractivity contribution is 0.254. The summed E-state index contributed by atoms with van der Waals surface area (Å²) < 4.78 is 1.75. The number of fused-ring (bicyclic) bond motifs is 2. The molecule has 3 aromatic rings. The van der Waals surface area contributed by atoms with Gasteiger partial charge in [0, 0.05) is 25.1 Å². The molecule has 0 fully saturated rings. The van der Waals surface area contributed by atoms with Crippen LogP contribution in [0.2, 0.25) is 0 Å². The lowest BCUT2D eigenvalue weighted by atomic mass is 10.1. The number of nitrogen functional groups attached to an aromatic ring is 1. The number of H-pyrrole nitrogens is 1. The molecule has 0 amide bonds. The first kappa shape index (κ1) is 15.8. The zero-order chi connectivity index (χ0) is 15.1. The molecule has 0 saturated heterocycles. The monoisotopic (exact) mass is 332 g/mol. The van der Waals surface area contributed by atoms with Crippen molar-refractivity contribution in [1.29, 1.82) is 0 Å². The summed E-state index contributed by atoms with van der Waals surface area (Å²) in [4.78, 5) is 10.3. The van der Waals surface area contributed by atoms with Crippen molar-refractivity contribution in [2.75, 3.05) is 18.8 Å². The maximum absolute atomic E-state index is 6.35. The van der Waals surface area contributed by atoms with E-state index in [4.69, 9.17) is 5.73 Å². The molecule has 3 heterocycles. The molecule has 4 rings (SSSR count). The normalized spacial score (nSPS) is 14.7. The molecule has 0 unspecified atom stereocenters. The standard InChI is InChI=1S/C16H20N6.ClH/c1-2-8-21-9-7-12-11(10-21)15(17)22(20-12)16-18-13-5-3-4-6-14(13)19-16;/h3-6H,2,7-10,17H2,1H3,(H,18,19);1H. The first-order valence-electron chi connectivity index (χ1n) is 7.80. The van der Waals surface area contributed by atoms with Crippen molar-refractivity contribution in [3.63, 3.8) is 0 Å². The number of hydrogen-bond donors (Lipinski definition) is 2. The van der Waals surface area contributed by atoms with Crippen LogP contribution in [-0.4, -0.2) is 37.7 Å². The second kappa shape index (κ2) is 6.22. The number of aromatic amines is 1. The Morgan fingerprint density at radius 3 is 2.91 bits per heavy atom. The van der Waals surface area contributed by atoms with Gasteiger partial charge in [-0.1, -0.05) is 19.1 Å². The van der Waals surface area contributed by atoms with Crippen LogP contribution in [0.5, 0.6) is 0 Å². The Hall–Kier alpha value is -2.05. The van der Waals surface area contributed by atoms with Crippen LogP contribution < -0.4 is 5.73 Å². The van der Waals surface area contributed by atoms with Crippen LogP contribution in [0.4, 0.5) is 5.82 Å². The predicted molar refractivity (Wildman–Crippen MR) is 94.1 cm³/mol. The Balaban J connectivity index is 0.00000156. The molecule has 6 nitrogen and oxygen atoms in total. The van der Waals surface area contributed by atoms with E-state index in [-0.39, 0.29) is 12.4 Å². The van der Waals surface area contributed by atoms with Gasteiger partial charge in [-0.2, -0.15) is 9.78 Å². The highest BCUT2D eigenvalue weighted by Gasteiger charge is 2.24. The van der Waals surface area contributed by atoms with E-state index in [1.165, 1.54) is 0 Å². The maximum atomic E-state index is 6.35. The van der Waals surface area contributed by atoms with Crippen LogP contribution in [0, 0.1) is 0 Å². The van der Waals surface area contributed by atoms with Crippen molar-refractivity contribution in [1.82, 2.24) is 24.6 Å². The van der Waals surface area contributed by atoms with Crippen molar-refractivity contribution >= 4 is 29.3 Å². The van der Waals surface area contributed by atoms with Gasteiger partial charge in [-0.25, -0.2) is 4.98 Å². The minimum atomic E-state index is 0. The molecule has 0 saturated carbocycles. The SMILES string of the molecule is CCCN1CCc2nn(-c3nc4ccccc4[nH]3)c(N)c2C1.Cl. The van der Waals surface area contributed by atoms with E-state index < -0.39 is 0 Å². The molecule has 3 N–H and O–H groups in total. The van der Waals surface area contributed by atoms with Gasteiger partial charge in [-0.15, -0.1) is 12.4 Å². The summed E-state index contributed by atoms with van der Waals surface area (Å²) in [5, 5.41) is 4.68. The summed E-state index contributed by atoms with van der Waals surface area (Å²) >= 11 is 0. The van der Waals surface area contributed by atoms with Gasteiger partial charge in [0.1, 0.15) is 5.82 Å². The molecule has 122 valence electrons. The summed E-state index contributed by atoms with van der Waals surface area (Å²) in [5.41, 5.74) is 10.5. The molecule has 2 aromatic heterocycles. The number of imidazole rings is 1. The summed E-state index contributed by atoms with van der Waals surface area (Å²) in [6, 6.07) is 7.96. The Morgan fingerprint density at radius 2 is 2.13 bits per heavy atom. The van der Waals surface area contributed by atoms with Crippen molar-refractivity contribution in [3.05, 3.63) is 35.5 Å². The van der Waals surface area contributed by atoms with Crippen LogP contribution in [0.1, 0.15) is 24.6 Å². The summed E-state index contributed by atoms with van der Waals surface area (Å²) in [7, 11) is 0. The summed E-state index contributed by atoms with van der Waals surface area (Å²) in [6.07, 6.45) is 2.11. The topological polar surface area (TPSA) is 75.8 Å². The zero-order valence-corrected chi connectivity index (χ0v) is 13.9. The Labute approximate surface area is 141 Å². The van der Waals surface area contributed by atoms with E-state index in [1.807, 2.05) is 24.3 Å². The number of benzene rings is 1. The second-order valence-corrected chi connectivity index (χ2v) is 5.83. The number of rotatable bonds is 3. The highest BCUT2D eigenvalue weighted by Crippen LogP contribution is 2.26. The second-order valence-electron chi connectivity index (χ2n) is 5.83. The number of nitrogens with one attached hydrogen (secondary N) is 1. The van der Waals surface area contributed by atoms with Crippen LogP contribution >= 0.6 is 12.4 Å². The largest absolute Gasteiger partial charge is 0.383 e. The summed E-state index contributed by atoms with van der Waals surface area (Å²) in [6.45, 7) is 5.25. The van der Waals surface area contributed by atoms with Gasteiger partial charge in [-0.05, 0) is 25.1 Å². The number of aromatic nitrogens is 4. The molecule has 0 spiro atoms. The van der Waals surface area contributed by atoms with E-state index in [1.54, 1.807) is 4.68 Å². The third-order valence-electron chi connectivity index (χ3n) is 4.27. The third-order valence-corrected chi connectivity index (χ3v) is 4.27. The average Bonchev–Trinajstić information content (AvgIpc) is 3.09. The molecular weight excluding hydrogens is 312 g/mol.